The molecule has 0 aliphatic carbocycles. The van der Waals surface area contributed by atoms with Crippen LogP contribution in [0, 0.1) is 0 Å². The first-order valence-corrected chi connectivity index (χ1v) is 8.67. The van der Waals surface area contributed by atoms with E-state index in [1.807, 2.05) is 59.5 Å². The SMILES string of the molecule is COC(=O)Oc1ccc(N(c2ccccc2)c2ccc(OC(=O)OC)cc2)cc1. The normalized spacial score (nSPS) is 10.0. The summed E-state index contributed by atoms with van der Waals surface area (Å²) in [5, 5.41) is 0. The number of anilines is 3. The van der Waals surface area contributed by atoms with Crippen LogP contribution in [0.5, 0.6) is 11.5 Å². The first-order chi connectivity index (χ1) is 14.1. The number of carbonyl (C=O) groups excluding carboxylic acids is 2. The lowest BCUT2D eigenvalue weighted by atomic mass is 10.2. The van der Waals surface area contributed by atoms with Crippen LogP contribution >= 0.6 is 0 Å². The van der Waals surface area contributed by atoms with Gasteiger partial charge in [-0.25, -0.2) is 9.59 Å². The molecule has 3 aromatic carbocycles. The molecule has 0 heterocycles. The van der Waals surface area contributed by atoms with Crippen molar-refractivity contribution < 1.29 is 28.5 Å². The predicted molar refractivity (Wildman–Crippen MR) is 107 cm³/mol. The highest BCUT2D eigenvalue weighted by molar-refractivity contribution is 5.77. The molecule has 0 aliphatic rings. The fourth-order valence-electron chi connectivity index (χ4n) is 2.63. The summed E-state index contributed by atoms with van der Waals surface area (Å²) in [7, 11) is 2.50. The van der Waals surface area contributed by atoms with E-state index in [0.717, 1.165) is 17.1 Å². The van der Waals surface area contributed by atoms with Gasteiger partial charge in [0.25, 0.3) is 0 Å². The minimum absolute atomic E-state index is 0.371. The van der Waals surface area contributed by atoms with E-state index in [9.17, 15) is 9.59 Å². The Labute approximate surface area is 168 Å². The second kappa shape index (κ2) is 9.27. The lowest BCUT2D eigenvalue weighted by molar-refractivity contribution is 0.120. The Morgan fingerprint density at radius 2 is 0.966 bits per heavy atom. The summed E-state index contributed by atoms with van der Waals surface area (Å²) in [6.45, 7) is 0. The Hall–Kier alpha value is -4.00. The van der Waals surface area contributed by atoms with Crippen molar-refractivity contribution in [2.45, 2.75) is 0 Å². The third-order valence-electron chi connectivity index (χ3n) is 3.94. The monoisotopic (exact) mass is 393 g/mol. The molecule has 0 saturated heterocycles. The van der Waals surface area contributed by atoms with Gasteiger partial charge in [-0.2, -0.15) is 0 Å². The molecular formula is C22H19NO6. The number of benzene rings is 3. The van der Waals surface area contributed by atoms with E-state index in [2.05, 4.69) is 9.47 Å². The van der Waals surface area contributed by atoms with Crippen LogP contribution < -0.4 is 14.4 Å². The predicted octanol–water partition coefficient (Wildman–Crippen LogP) is 5.45. The van der Waals surface area contributed by atoms with Crippen molar-refractivity contribution in [3.05, 3.63) is 78.9 Å². The van der Waals surface area contributed by atoms with Crippen molar-refractivity contribution in [3.63, 3.8) is 0 Å². The molecule has 0 bridgehead atoms. The highest BCUT2D eigenvalue weighted by atomic mass is 16.7. The molecule has 148 valence electrons. The van der Waals surface area contributed by atoms with Crippen LogP contribution in [-0.2, 0) is 9.47 Å². The maximum absolute atomic E-state index is 11.3. The maximum Gasteiger partial charge on any atom is 0.513 e. The van der Waals surface area contributed by atoms with Crippen LogP contribution in [0.15, 0.2) is 78.9 Å². The largest absolute Gasteiger partial charge is 0.513 e. The van der Waals surface area contributed by atoms with Gasteiger partial charge in [0.05, 0.1) is 14.2 Å². The van der Waals surface area contributed by atoms with E-state index in [1.165, 1.54) is 14.2 Å². The molecule has 0 N–H and O–H groups in total. The summed E-state index contributed by atoms with van der Waals surface area (Å²) in [5.74, 6) is 0.742. The zero-order chi connectivity index (χ0) is 20.6. The average molecular weight is 393 g/mol. The van der Waals surface area contributed by atoms with E-state index < -0.39 is 12.3 Å². The Balaban J connectivity index is 1.92. The molecular weight excluding hydrogens is 374 g/mol. The molecule has 29 heavy (non-hydrogen) atoms. The van der Waals surface area contributed by atoms with Crippen molar-refractivity contribution in [1.82, 2.24) is 0 Å². The first-order valence-electron chi connectivity index (χ1n) is 8.67. The van der Waals surface area contributed by atoms with Crippen LogP contribution in [0.25, 0.3) is 0 Å². The lowest BCUT2D eigenvalue weighted by Crippen LogP contribution is -2.11. The topological polar surface area (TPSA) is 74.3 Å². The summed E-state index contributed by atoms with van der Waals surface area (Å²) >= 11 is 0. The molecule has 0 amide bonds. The molecule has 0 aliphatic heterocycles. The smallest absolute Gasteiger partial charge is 0.437 e. The van der Waals surface area contributed by atoms with Crippen LogP contribution in [0.2, 0.25) is 0 Å². The second-order valence-corrected chi connectivity index (χ2v) is 5.77. The Bertz CT molecular complexity index is 893. The summed E-state index contributed by atoms with van der Waals surface area (Å²) in [6, 6.07) is 23.7. The summed E-state index contributed by atoms with van der Waals surface area (Å²) < 4.78 is 19.1. The fourth-order valence-corrected chi connectivity index (χ4v) is 2.63. The number of hydrogen-bond donors (Lipinski definition) is 0. The van der Waals surface area contributed by atoms with Gasteiger partial charge in [0, 0.05) is 17.1 Å². The van der Waals surface area contributed by atoms with Gasteiger partial charge in [-0.1, -0.05) is 18.2 Å². The molecule has 7 nitrogen and oxygen atoms in total. The highest BCUT2D eigenvalue weighted by Gasteiger charge is 2.14. The third kappa shape index (κ3) is 5.04. The van der Waals surface area contributed by atoms with E-state index in [0.29, 0.717) is 11.5 Å². The van der Waals surface area contributed by atoms with Crippen molar-refractivity contribution in [2.24, 2.45) is 0 Å². The molecule has 0 saturated carbocycles. The molecule has 7 heteroatoms. The number of nitrogens with zero attached hydrogens (tertiary/aromatic N) is 1. The molecule has 0 atom stereocenters. The number of para-hydroxylation sites is 1. The number of methoxy groups -OCH3 is 2. The van der Waals surface area contributed by atoms with Crippen LogP contribution in [0.4, 0.5) is 26.7 Å². The first kappa shape index (κ1) is 19.8. The van der Waals surface area contributed by atoms with Crippen LogP contribution in [0.1, 0.15) is 0 Å². The Morgan fingerprint density at radius 3 is 1.34 bits per heavy atom. The zero-order valence-corrected chi connectivity index (χ0v) is 15.9. The van der Waals surface area contributed by atoms with Gasteiger partial charge >= 0.3 is 12.3 Å². The minimum Gasteiger partial charge on any atom is -0.437 e. The van der Waals surface area contributed by atoms with Crippen molar-refractivity contribution in [2.75, 3.05) is 19.1 Å². The van der Waals surface area contributed by atoms with E-state index in [-0.39, 0.29) is 0 Å². The number of ether oxygens (including phenoxy) is 4. The Kier molecular flexibility index (Phi) is 6.32. The lowest BCUT2D eigenvalue weighted by Gasteiger charge is -2.25. The van der Waals surface area contributed by atoms with Gasteiger partial charge in [-0.3, -0.25) is 0 Å². The van der Waals surface area contributed by atoms with Crippen LogP contribution in [-0.4, -0.2) is 26.5 Å². The Morgan fingerprint density at radius 1 is 0.586 bits per heavy atom. The number of hydrogen-bond acceptors (Lipinski definition) is 7. The zero-order valence-electron chi connectivity index (χ0n) is 15.9. The van der Waals surface area contributed by atoms with E-state index in [1.54, 1.807) is 24.3 Å². The summed E-state index contributed by atoms with van der Waals surface area (Å²) in [4.78, 5) is 24.6. The van der Waals surface area contributed by atoms with Gasteiger partial charge in [0.1, 0.15) is 11.5 Å². The fraction of sp³-hybridized carbons (Fsp3) is 0.0909. The van der Waals surface area contributed by atoms with Crippen LogP contribution in [0.3, 0.4) is 0 Å². The third-order valence-corrected chi connectivity index (χ3v) is 3.94. The minimum atomic E-state index is -0.779. The van der Waals surface area contributed by atoms with E-state index in [4.69, 9.17) is 9.47 Å². The van der Waals surface area contributed by atoms with Gasteiger partial charge in [-0.05, 0) is 60.7 Å². The molecule has 0 radical (unpaired) electrons. The quantitative estimate of drug-likeness (QED) is 0.422. The molecule has 0 spiro atoms. The van der Waals surface area contributed by atoms with Crippen molar-refractivity contribution >= 4 is 29.4 Å². The second-order valence-electron chi connectivity index (χ2n) is 5.77. The molecule has 3 rings (SSSR count). The van der Waals surface area contributed by atoms with Gasteiger partial charge in [0.2, 0.25) is 0 Å². The summed E-state index contributed by atoms with van der Waals surface area (Å²) in [5.41, 5.74) is 2.61. The number of carbonyl (C=O) groups is 2. The number of rotatable bonds is 5. The van der Waals surface area contributed by atoms with Gasteiger partial charge in [0.15, 0.2) is 0 Å². The van der Waals surface area contributed by atoms with Gasteiger partial charge < -0.3 is 23.8 Å². The van der Waals surface area contributed by atoms with Crippen molar-refractivity contribution in [1.29, 1.82) is 0 Å². The van der Waals surface area contributed by atoms with E-state index >= 15 is 0 Å². The highest BCUT2D eigenvalue weighted by Crippen LogP contribution is 2.35. The average Bonchev–Trinajstić information content (AvgIpc) is 2.77. The standard InChI is InChI=1S/C22H19NO6/c1-26-21(24)28-19-12-8-17(9-13-19)23(16-6-4-3-5-7-16)18-10-14-20(15-11-18)29-22(25)27-2/h3-15H,1-2H3. The maximum atomic E-state index is 11.3. The van der Waals surface area contributed by atoms with Crippen molar-refractivity contribution in [3.8, 4) is 11.5 Å². The molecule has 3 aromatic rings. The van der Waals surface area contributed by atoms with Gasteiger partial charge in [-0.15, -0.1) is 0 Å². The molecule has 0 unspecified atom stereocenters. The summed E-state index contributed by atoms with van der Waals surface area (Å²) in [6.07, 6.45) is -1.56. The molecule has 0 fully saturated rings. The molecule has 0 aromatic heterocycles.